The van der Waals surface area contributed by atoms with Crippen LogP contribution in [0.4, 0.5) is 0 Å². The lowest BCUT2D eigenvalue weighted by Crippen LogP contribution is -2.43. The van der Waals surface area contributed by atoms with E-state index in [9.17, 15) is 14.7 Å². The Morgan fingerprint density at radius 2 is 2.12 bits per heavy atom. The molecule has 0 bridgehead atoms. The summed E-state index contributed by atoms with van der Waals surface area (Å²) in [7, 11) is 0. The number of fused-ring (bicyclic) bond motifs is 3. The van der Waals surface area contributed by atoms with Gasteiger partial charge in [-0.15, -0.1) is 0 Å². The minimum atomic E-state index is -1.17. The van der Waals surface area contributed by atoms with E-state index in [4.69, 9.17) is 9.47 Å². The SMILES string of the molecule is C=C1C(=O)O[C@H]2[C@H]1[C@H](OC(=O)C(C)C)CC(=C)[C@]1(O)CC=C(C)[C@H]21. The van der Waals surface area contributed by atoms with Gasteiger partial charge in [-0.3, -0.25) is 4.79 Å². The fourth-order valence-corrected chi connectivity index (χ4v) is 4.11. The van der Waals surface area contributed by atoms with Crippen LogP contribution in [0.1, 0.15) is 33.6 Å². The second kappa shape index (κ2) is 5.59. The highest BCUT2D eigenvalue weighted by atomic mass is 16.6. The fourth-order valence-electron chi connectivity index (χ4n) is 4.11. The van der Waals surface area contributed by atoms with Crippen molar-refractivity contribution in [3.8, 4) is 0 Å². The Hall–Kier alpha value is -1.88. The van der Waals surface area contributed by atoms with Crippen molar-refractivity contribution in [2.45, 2.75) is 51.4 Å². The van der Waals surface area contributed by atoms with Gasteiger partial charge in [0.2, 0.25) is 0 Å². The van der Waals surface area contributed by atoms with E-state index in [1.165, 1.54) is 0 Å². The molecule has 0 aromatic carbocycles. The van der Waals surface area contributed by atoms with Gasteiger partial charge in [0.25, 0.3) is 0 Å². The minimum Gasteiger partial charge on any atom is -0.461 e. The third-order valence-corrected chi connectivity index (χ3v) is 5.53. The van der Waals surface area contributed by atoms with Gasteiger partial charge in [0, 0.05) is 12.0 Å². The molecule has 0 radical (unpaired) electrons. The molecular formula is C19H24O5. The van der Waals surface area contributed by atoms with Crippen LogP contribution in [0, 0.1) is 17.8 Å². The van der Waals surface area contributed by atoms with Crippen molar-refractivity contribution in [2.75, 3.05) is 0 Å². The van der Waals surface area contributed by atoms with E-state index < -0.39 is 29.7 Å². The Morgan fingerprint density at radius 3 is 2.75 bits per heavy atom. The first-order chi connectivity index (χ1) is 11.2. The topological polar surface area (TPSA) is 72.8 Å². The number of ether oxygens (including phenoxy) is 2. The average molecular weight is 332 g/mol. The number of aliphatic hydroxyl groups is 1. The smallest absolute Gasteiger partial charge is 0.334 e. The molecule has 2 aliphatic carbocycles. The summed E-state index contributed by atoms with van der Waals surface area (Å²) in [4.78, 5) is 24.2. The van der Waals surface area contributed by atoms with E-state index in [1.807, 2.05) is 13.0 Å². The summed E-state index contributed by atoms with van der Waals surface area (Å²) >= 11 is 0. The highest BCUT2D eigenvalue weighted by molar-refractivity contribution is 5.91. The summed E-state index contributed by atoms with van der Waals surface area (Å²) in [6.07, 6.45) is 1.50. The fraction of sp³-hybridized carbons (Fsp3) is 0.579. The summed E-state index contributed by atoms with van der Waals surface area (Å²) in [5, 5.41) is 11.2. The number of hydrogen-bond donors (Lipinski definition) is 1. The van der Waals surface area contributed by atoms with Crippen molar-refractivity contribution in [3.63, 3.8) is 0 Å². The summed E-state index contributed by atoms with van der Waals surface area (Å²) < 4.78 is 11.2. The van der Waals surface area contributed by atoms with Crippen molar-refractivity contribution in [2.24, 2.45) is 17.8 Å². The Labute approximate surface area is 142 Å². The number of carbonyl (C=O) groups excluding carboxylic acids is 2. The number of hydrogen-bond acceptors (Lipinski definition) is 5. The van der Waals surface area contributed by atoms with Gasteiger partial charge in [0.1, 0.15) is 12.2 Å². The normalized spacial score (nSPS) is 38.4. The summed E-state index contributed by atoms with van der Waals surface area (Å²) in [6, 6.07) is 0. The zero-order chi connectivity index (χ0) is 17.8. The van der Waals surface area contributed by atoms with E-state index in [2.05, 4.69) is 13.2 Å². The van der Waals surface area contributed by atoms with Gasteiger partial charge in [-0.2, -0.15) is 0 Å². The van der Waals surface area contributed by atoms with Gasteiger partial charge < -0.3 is 14.6 Å². The monoisotopic (exact) mass is 332 g/mol. The van der Waals surface area contributed by atoms with Crippen LogP contribution < -0.4 is 0 Å². The molecule has 1 saturated heterocycles. The van der Waals surface area contributed by atoms with E-state index in [1.54, 1.807) is 13.8 Å². The van der Waals surface area contributed by atoms with Crippen LogP contribution in [0.15, 0.2) is 36.0 Å². The van der Waals surface area contributed by atoms with Crippen LogP contribution in [0.2, 0.25) is 0 Å². The maximum atomic E-state index is 12.1. The van der Waals surface area contributed by atoms with Crippen molar-refractivity contribution < 1.29 is 24.2 Å². The Balaban J connectivity index is 2.03. The van der Waals surface area contributed by atoms with Crippen molar-refractivity contribution in [3.05, 3.63) is 36.0 Å². The minimum absolute atomic E-state index is 0.282. The van der Waals surface area contributed by atoms with E-state index in [-0.39, 0.29) is 17.8 Å². The third-order valence-electron chi connectivity index (χ3n) is 5.53. The molecule has 5 heteroatoms. The molecule has 3 aliphatic rings. The first kappa shape index (κ1) is 17.0. The number of carbonyl (C=O) groups is 2. The van der Waals surface area contributed by atoms with E-state index in [0.717, 1.165) is 5.57 Å². The zero-order valence-corrected chi connectivity index (χ0v) is 14.4. The van der Waals surface area contributed by atoms with Crippen LogP contribution in [0.5, 0.6) is 0 Å². The molecule has 2 fully saturated rings. The van der Waals surface area contributed by atoms with Crippen LogP contribution >= 0.6 is 0 Å². The second-order valence-electron chi connectivity index (χ2n) is 7.41. The lowest BCUT2D eigenvalue weighted by molar-refractivity contribution is -0.156. The number of rotatable bonds is 2. The predicted octanol–water partition coefficient (Wildman–Crippen LogP) is 2.31. The molecule has 1 saturated carbocycles. The van der Waals surface area contributed by atoms with Gasteiger partial charge >= 0.3 is 11.9 Å². The molecule has 24 heavy (non-hydrogen) atoms. The lowest BCUT2D eigenvalue weighted by Gasteiger charge is -2.34. The van der Waals surface area contributed by atoms with Crippen molar-refractivity contribution in [1.29, 1.82) is 0 Å². The van der Waals surface area contributed by atoms with Crippen LogP contribution in [0.25, 0.3) is 0 Å². The first-order valence-electron chi connectivity index (χ1n) is 8.34. The molecule has 1 aliphatic heterocycles. The van der Waals surface area contributed by atoms with Crippen LogP contribution in [-0.4, -0.2) is 34.9 Å². The van der Waals surface area contributed by atoms with Gasteiger partial charge in [0.15, 0.2) is 0 Å². The Kier molecular flexibility index (Phi) is 3.95. The maximum absolute atomic E-state index is 12.1. The van der Waals surface area contributed by atoms with Crippen LogP contribution in [0.3, 0.4) is 0 Å². The molecule has 1 heterocycles. The molecular weight excluding hydrogens is 308 g/mol. The second-order valence-corrected chi connectivity index (χ2v) is 7.41. The lowest BCUT2D eigenvalue weighted by atomic mass is 9.77. The summed E-state index contributed by atoms with van der Waals surface area (Å²) in [5.74, 6) is -1.94. The molecule has 0 amide bonds. The highest BCUT2D eigenvalue weighted by Crippen LogP contribution is 2.53. The molecule has 5 atom stereocenters. The molecule has 0 aromatic heterocycles. The van der Waals surface area contributed by atoms with Gasteiger partial charge in [-0.25, -0.2) is 4.79 Å². The molecule has 0 unspecified atom stereocenters. The van der Waals surface area contributed by atoms with E-state index in [0.29, 0.717) is 24.0 Å². The van der Waals surface area contributed by atoms with Crippen molar-refractivity contribution in [1.82, 2.24) is 0 Å². The molecule has 3 rings (SSSR count). The number of esters is 2. The molecule has 1 N–H and O–H groups in total. The maximum Gasteiger partial charge on any atom is 0.334 e. The summed E-state index contributed by atoms with van der Waals surface area (Å²) in [5.41, 5.74) is 0.711. The third kappa shape index (κ3) is 2.34. The molecule has 5 nitrogen and oxygen atoms in total. The van der Waals surface area contributed by atoms with Gasteiger partial charge in [0.05, 0.1) is 23.4 Å². The zero-order valence-electron chi connectivity index (χ0n) is 14.4. The predicted molar refractivity (Wildman–Crippen MR) is 87.8 cm³/mol. The van der Waals surface area contributed by atoms with Gasteiger partial charge in [-0.1, -0.05) is 38.7 Å². The van der Waals surface area contributed by atoms with E-state index >= 15 is 0 Å². The standard InChI is InChI=1S/C19H24O5/c1-9(2)17(20)23-13-8-11(4)19(22)7-6-10(3)15(19)16-14(13)12(5)18(21)24-16/h6,9,13-16,22H,4-5,7-8H2,1-3H3/t13-,14-,15-,16+,19-/m1/s1. The molecule has 130 valence electrons. The highest BCUT2D eigenvalue weighted by Gasteiger charge is 2.59. The first-order valence-corrected chi connectivity index (χ1v) is 8.34. The molecule has 0 spiro atoms. The Morgan fingerprint density at radius 1 is 1.46 bits per heavy atom. The van der Waals surface area contributed by atoms with Crippen LogP contribution in [-0.2, 0) is 19.1 Å². The molecule has 0 aromatic rings. The Bertz CT molecular complexity index is 659. The quantitative estimate of drug-likeness (QED) is 0.477. The summed E-state index contributed by atoms with van der Waals surface area (Å²) in [6.45, 7) is 13.3. The largest absolute Gasteiger partial charge is 0.461 e. The van der Waals surface area contributed by atoms with Gasteiger partial charge in [-0.05, 0) is 18.9 Å². The average Bonchev–Trinajstić information content (AvgIpc) is 2.93. The van der Waals surface area contributed by atoms with Crippen molar-refractivity contribution >= 4 is 11.9 Å².